The van der Waals surface area contributed by atoms with Crippen LogP contribution in [0.4, 0.5) is 0 Å². The molecule has 0 radical (unpaired) electrons. The Morgan fingerprint density at radius 1 is 1.38 bits per heavy atom. The number of esters is 1. The third-order valence-corrected chi connectivity index (χ3v) is 3.75. The van der Waals surface area contributed by atoms with Crippen molar-refractivity contribution in [3.8, 4) is 0 Å². The summed E-state index contributed by atoms with van der Waals surface area (Å²) in [6.07, 6.45) is 1.63. The fourth-order valence-corrected chi connectivity index (χ4v) is 2.39. The van der Waals surface area contributed by atoms with Crippen molar-refractivity contribution in [3.05, 3.63) is 34.3 Å². The molecule has 1 rings (SSSR count). The summed E-state index contributed by atoms with van der Waals surface area (Å²) in [5, 5.41) is 0.613. The fourth-order valence-electron chi connectivity index (χ4n) is 2.08. The Morgan fingerprint density at radius 3 is 2.62 bits per heavy atom. The van der Waals surface area contributed by atoms with Crippen molar-refractivity contribution in [2.45, 2.75) is 45.1 Å². The molecule has 0 aromatic heterocycles. The van der Waals surface area contributed by atoms with E-state index in [0.717, 1.165) is 11.1 Å². The molecule has 0 saturated carbocycles. The highest BCUT2D eigenvalue weighted by atomic mass is 35.5. The van der Waals surface area contributed by atoms with Crippen LogP contribution >= 0.6 is 11.6 Å². The predicted molar refractivity (Wildman–Crippen MR) is 83.4 cm³/mol. The number of carbonyl (C=O) groups is 2. The number of aryl methyl sites for hydroxylation is 1. The summed E-state index contributed by atoms with van der Waals surface area (Å²) in [5.41, 5.74) is 6.69. The van der Waals surface area contributed by atoms with Gasteiger partial charge in [0.15, 0.2) is 0 Å². The van der Waals surface area contributed by atoms with Crippen LogP contribution in [-0.4, -0.2) is 24.4 Å². The van der Waals surface area contributed by atoms with E-state index in [9.17, 15) is 9.59 Å². The van der Waals surface area contributed by atoms with Gasteiger partial charge in [-0.25, -0.2) is 0 Å². The largest absolute Gasteiger partial charge is 0.468 e. The lowest BCUT2D eigenvalue weighted by Crippen LogP contribution is -2.45. The van der Waals surface area contributed by atoms with Gasteiger partial charge in [-0.2, -0.15) is 0 Å². The first-order valence-corrected chi connectivity index (χ1v) is 7.28. The standard InChI is InChI=1S/C16H22ClNO3/c1-11-6-7-12(14(17)9-11)10-13(19)5-4-8-16(2,18)15(20)21-3/h6-7,9H,4-5,8,10,18H2,1-3H3. The van der Waals surface area contributed by atoms with Crippen molar-refractivity contribution in [2.24, 2.45) is 5.73 Å². The summed E-state index contributed by atoms with van der Waals surface area (Å²) in [4.78, 5) is 23.4. The van der Waals surface area contributed by atoms with Gasteiger partial charge in [0.05, 0.1) is 7.11 Å². The molecule has 0 heterocycles. The van der Waals surface area contributed by atoms with Gasteiger partial charge in [0.25, 0.3) is 0 Å². The molecule has 0 bridgehead atoms. The number of carbonyl (C=O) groups excluding carboxylic acids is 2. The average Bonchev–Trinajstić information content (AvgIpc) is 2.40. The maximum absolute atomic E-state index is 12.0. The number of ketones is 1. The minimum absolute atomic E-state index is 0.0846. The van der Waals surface area contributed by atoms with Crippen LogP contribution in [0.25, 0.3) is 0 Å². The molecule has 0 aliphatic carbocycles. The second-order valence-electron chi connectivity index (χ2n) is 5.57. The van der Waals surface area contributed by atoms with E-state index in [4.69, 9.17) is 17.3 Å². The van der Waals surface area contributed by atoms with E-state index in [1.807, 2.05) is 25.1 Å². The van der Waals surface area contributed by atoms with Crippen LogP contribution in [0.15, 0.2) is 18.2 Å². The number of halogens is 1. The SMILES string of the molecule is COC(=O)C(C)(N)CCCC(=O)Cc1ccc(C)cc1Cl. The summed E-state index contributed by atoms with van der Waals surface area (Å²) >= 11 is 6.11. The number of hydrogen-bond donors (Lipinski definition) is 1. The van der Waals surface area contributed by atoms with E-state index >= 15 is 0 Å². The van der Waals surface area contributed by atoms with Gasteiger partial charge >= 0.3 is 5.97 Å². The highest BCUT2D eigenvalue weighted by molar-refractivity contribution is 6.31. The van der Waals surface area contributed by atoms with Crippen LogP contribution in [0.2, 0.25) is 5.02 Å². The van der Waals surface area contributed by atoms with E-state index in [0.29, 0.717) is 30.7 Å². The summed E-state index contributed by atoms with van der Waals surface area (Å²) < 4.78 is 4.63. The molecule has 0 aliphatic rings. The molecule has 1 atom stereocenters. The number of hydrogen-bond acceptors (Lipinski definition) is 4. The average molecular weight is 312 g/mol. The number of methoxy groups -OCH3 is 1. The van der Waals surface area contributed by atoms with Gasteiger partial charge in [-0.15, -0.1) is 0 Å². The summed E-state index contributed by atoms with van der Waals surface area (Å²) in [5.74, 6) is -0.377. The second kappa shape index (κ2) is 7.57. The number of rotatable bonds is 7. The van der Waals surface area contributed by atoms with Crippen LogP contribution in [0.1, 0.15) is 37.3 Å². The number of nitrogens with two attached hydrogens (primary N) is 1. The van der Waals surface area contributed by atoms with Crippen LogP contribution in [0.5, 0.6) is 0 Å². The zero-order valence-corrected chi connectivity index (χ0v) is 13.5. The van der Waals surface area contributed by atoms with Crippen molar-refractivity contribution in [2.75, 3.05) is 7.11 Å². The molecular formula is C16H22ClNO3. The predicted octanol–water partition coefficient (Wildman–Crippen LogP) is 2.82. The normalized spacial score (nSPS) is 13.6. The Balaban J connectivity index is 2.46. The molecule has 116 valence electrons. The van der Waals surface area contributed by atoms with Crippen LogP contribution in [0, 0.1) is 6.92 Å². The third kappa shape index (κ3) is 5.48. The van der Waals surface area contributed by atoms with E-state index in [1.54, 1.807) is 6.92 Å². The molecular weight excluding hydrogens is 290 g/mol. The lowest BCUT2D eigenvalue weighted by molar-refractivity contribution is -0.146. The van der Waals surface area contributed by atoms with E-state index in [-0.39, 0.29) is 5.78 Å². The van der Waals surface area contributed by atoms with Crippen molar-refractivity contribution >= 4 is 23.4 Å². The molecule has 0 amide bonds. The first-order chi connectivity index (χ1) is 9.76. The molecule has 0 fully saturated rings. The topological polar surface area (TPSA) is 69.4 Å². The Hall–Kier alpha value is -1.39. The molecule has 0 aliphatic heterocycles. The summed E-state index contributed by atoms with van der Waals surface area (Å²) in [7, 11) is 1.30. The van der Waals surface area contributed by atoms with Crippen molar-refractivity contribution < 1.29 is 14.3 Å². The smallest absolute Gasteiger partial charge is 0.325 e. The molecule has 1 unspecified atom stereocenters. The minimum atomic E-state index is -1.05. The molecule has 21 heavy (non-hydrogen) atoms. The molecule has 1 aromatic carbocycles. The van der Waals surface area contributed by atoms with Crippen LogP contribution in [0.3, 0.4) is 0 Å². The third-order valence-electron chi connectivity index (χ3n) is 3.40. The number of Topliss-reactive ketones (excluding diaryl/α,β-unsaturated/α-hetero) is 1. The van der Waals surface area contributed by atoms with Gasteiger partial charge < -0.3 is 10.5 Å². The molecule has 0 saturated heterocycles. The fraction of sp³-hybridized carbons (Fsp3) is 0.500. The Labute approximate surface area is 130 Å². The zero-order valence-electron chi connectivity index (χ0n) is 12.7. The van der Waals surface area contributed by atoms with E-state index in [1.165, 1.54) is 7.11 Å². The summed E-state index contributed by atoms with van der Waals surface area (Å²) in [6, 6.07) is 5.65. The lowest BCUT2D eigenvalue weighted by atomic mass is 9.94. The highest BCUT2D eigenvalue weighted by Crippen LogP contribution is 2.19. The number of ether oxygens (including phenoxy) is 1. The Bertz CT molecular complexity index is 526. The maximum atomic E-state index is 12.0. The van der Waals surface area contributed by atoms with Gasteiger partial charge in [0, 0.05) is 17.9 Å². The van der Waals surface area contributed by atoms with E-state index in [2.05, 4.69) is 4.74 Å². The van der Waals surface area contributed by atoms with Crippen molar-refractivity contribution in [1.29, 1.82) is 0 Å². The van der Waals surface area contributed by atoms with Crippen LogP contribution < -0.4 is 5.73 Å². The molecule has 2 N–H and O–H groups in total. The van der Waals surface area contributed by atoms with Gasteiger partial charge in [0.2, 0.25) is 0 Å². The number of benzene rings is 1. The maximum Gasteiger partial charge on any atom is 0.325 e. The Morgan fingerprint density at radius 2 is 2.05 bits per heavy atom. The van der Waals surface area contributed by atoms with Gasteiger partial charge in [0.1, 0.15) is 11.3 Å². The summed E-state index contributed by atoms with van der Waals surface area (Å²) in [6.45, 7) is 3.56. The quantitative estimate of drug-likeness (QED) is 0.786. The molecule has 5 heteroatoms. The Kier molecular flexibility index (Phi) is 6.37. The van der Waals surface area contributed by atoms with Gasteiger partial charge in [-0.05, 0) is 43.9 Å². The molecule has 1 aromatic rings. The van der Waals surface area contributed by atoms with E-state index < -0.39 is 11.5 Å². The lowest BCUT2D eigenvalue weighted by Gasteiger charge is -2.20. The highest BCUT2D eigenvalue weighted by Gasteiger charge is 2.28. The second-order valence-corrected chi connectivity index (χ2v) is 5.98. The monoisotopic (exact) mass is 311 g/mol. The van der Waals surface area contributed by atoms with Crippen LogP contribution in [-0.2, 0) is 20.7 Å². The molecule has 0 spiro atoms. The first kappa shape index (κ1) is 17.7. The zero-order chi connectivity index (χ0) is 16.0. The van der Waals surface area contributed by atoms with Crippen molar-refractivity contribution in [1.82, 2.24) is 0 Å². The first-order valence-electron chi connectivity index (χ1n) is 6.90. The molecule has 4 nitrogen and oxygen atoms in total. The van der Waals surface area contributed by atoms with Crippen molar-refractivity contribution in [3.63, 3.8) is 0 Å². The van der Waals surface area contributed by atoms with Gasteiger partial charge in [-0.3, -0.25) is 9.59 Å². The van der Waals surface area contributed by atoms with Gasteiger partial charge in [-0.1, -0.05) is 23.7 Å². The minimum Gasteiger partial charge on any atom is -0.468 e.